The number of fused-ring (bicyclic) bond motifs is 1. The third-order valence-electron chi connectivity index (χ3n) is 8.17. The van der Waals surface area contributed by atoms with Crippen LogP contribution in [0.4, 0.5) is 5.95 Å². The molecule has 2 aliphatic rings. The molecule has 1 saturated heterocycles. The Morgan fingerprint density at radius 3 is 2.66 bits per heavy atom. The van der Waals surface area contributed by atoms with Crippen LogP contribution in [0.3, 0.4) is 0 Å². The Hall–Kier alpha value is -3.56. The number of nitrogens with one attached hydrogen (secondary N) is 2. The van der Waals surface area contributed by atoms with Gasteiger partial charge >= 0.3 is 0 Å². The van der Waals surface area contributed by atoms with E-state index in [1.165, 1.54) is 0 Å². The van der Waals surface area contributed by atoms with Gasteiger partial charge in [-0.25, -0.2) is 23.4 Å². The first kappa shape index (κ1) is 27.6. The van der Waals surface area contributed by atoms with Crippen molar-refractivity contribution in [1.29, 1.82) is 0 Å². The average Bonchev–Trinajstić information content (AvgIpc) is 3.48. The number of piperidine rings is 1. The van der Waals surface area contributed by atoms with Gasteiger partial charge in [0, 0.05) is 30.4 Å². The molecule has 6 rings (SSSR count). The molecule has 41 heavy (non-hydrogen) atoms. The van der Waals surface area contributed by atoms with Crippen molar-refractivity contribution < 1.29 is 13.2 Å². The summed E-state index contributed by atoms with van der Waals surface area (Å²) in [6, 6.07) is 15.8. The Bertz CT molecular complexity index is 1630. The lowest BCUT2D eigenvalue weighted by Gasteiger charge is -2.23. The predicted octanol–water partition coefficient (Wildman–Crippen LogP) is 6.06. The Balaban J connectivity index is 1.29. The number of aromatic nitrogens is 3. The molecule has 0 bridgehead atoms. The second-order valence-electron chi connectivity index (χ2n) is 11.3. The Morgan fingerprint density at radius 2 is 1.83 bits per heavy atom. The van der Waals surface area contributed by atoms with Gasteiger partial charge in [0.2, 0.25) is 11.8 Å². The highest BCUT2D eigenvalue weighted by atomic mass is 32.2. The number of ether oxygens (including phenoxy) is 1. The maximum Gasteiger partial charge on any atom is 0.228 e. The molecule has 9 heteroatoms. The third kappa shape index (κ3) is 6.52. The topological polar surface area (TPSA) is 106 Å². The van der Waals surface area contributed by atoms with E-state index in [9.17, 15) is 8.42 Å². The summed E-state index contributed by atoms with van der Waals surface area (Å²) < 4.78 is 32.8. The highest BCUT2D eigenvalue weighted by molar-refractivity contribution is 7.90. The number of rotatable bonds is 9. The second kappa shape index (κ2) is 12.1. The van der Waals surface area contributed by atoms with Crippen molar-refractivity contribution in [2.24, 2.45) is 5.92 Å². The van der Waals surface area contributed by atoms with Gasteiger partial charge in [-0.05, 0) is 79.8 Å². The highest BCUT2D eigenvalue weighted by Crippen LogP contribution is 2.38. The Kier molecular flexibility index (Phi) is 8.16. The first-order chi connectivity index (χ1) is 19.9. The van der Waals surface area contributed by atoms with Crippen LogP contribution >= 0.6 is 0 Å². The SMILES string of the molecule is Cc1ccc2c(CS(=O)(=O)CC3CCCC3)cccc2c1Oc1ncccc1-c1ccnc(N[C@H]2CCCNC2)n1. The van der Waals surface area contributed by atoms with Crippen LogP contribution < -0.4 is 15.4 Å². The summed E-state index contributed by atoms with van der Waals surface area (Å²) in [4.78, 5) is 13.8. The number of nitrogens with zero attached hydrogens (tertiary/aromatic N) is 3. The Labute approximate surface area is 241 Å². The van der Waals surface area contributed by atoms with Gasteiger partial charge in [0.15, 0.2) is 9.84 Å². The van der Waals surface area contributed by atoms with Crippen molar-refractivity contribution in [1.82, 2.24) is 20.3 Å². The molecule has 4 aromatic rings. The molecule has 0 spiro atoms. The van der Waals surface area contributed by atoms with Gasteiger partial charge < -0.3 is 15.4 Å². The van der Waals surface area contributed by atoms with Gasteiger partial charge in [0.05, 0.1) is 22.8 Å². The van der Waals surface area contributed by atoms with Crippen LogP contribution in [-0.4, -0.2) is 48.3 Å². The van der Waals surface area contributed by atoms with E-state index in [1.807, 2.05) is 55.5 Å². The molecule has 8 nitrogen and oxygen atoms in total. The molecule has 1 aliphatic heterocycles. The number of sulfone groups is 1. The summed E-state index contributed by atoms with van der Waals surface area (Å²) in [6.07, 6.45) is 9.94. The largest absolute Gasteiger partial charge is 0.437 e. The van der Waals surface area contributed by atoms with Gasteiger partial charge in [0.1, 0.15) is 5.75 Å². The smallest absolute Gasteiger partial charge is 0.228 e. The minimum Gasteiger partial charge on any atom is -0.437 e. The van der Waals surface area contributed by atoms with E-state index in [4.69, 9.17) is 9.72 Å². The van der Waals surface area contributed by atoms with Crippen LogP contribution in [0, 0.1) is 12.8 Å². The molecule has 2 aromatic heterocycles. The molecule has 0 amide bonds. The van der Waals surface area contributed by atoms with Crippen LogP contribution in [0.1, 0.15) is 49.7 Å². The third-order valence-corrected chi connectivity index (χ3v) is 9.90. The van der Waals surface area contributed by atoms with E-state index < -0.39 is 9.84 Å². The zero-order valence-electron chi connectivity index (χ0n) is 23.5. The normalized spacial score (nSPS) is 18.0. The van der Waals surface area contributed by atoms with Gasteiger partial charge in [-0.3, -0.25) is 0 Å². The summed E-state index contributed by atoms with van der Waals surface area (Å²) in [5.41, 5.74) is 3.21. The van der Waals surface area contributed by atoms with E-state index >= 15 is 0 Å². The zero-order chi connectivity index (χ0) is 28.2. The molecule has 1 atom stereocenters. The number of pyridine rings is 1. The standard InChI is InChI=1S/C32H37N5O3S/c1-22-13-14-26-24(21-41(38,39)20-23-7-2-3-8-23)9-4-11-27(26)30(22)40-31-28(12-6-17-34-31)29-15-18-35-32(37-29)36-25-10-5-16-33-19-25/h4,6,9,11-15,17-18,23,25,33H,2-3,5,7-8,10,16,19-21H2,1H3,(H,35,36,37)/t25-/m0/s1. The second-order valence-corrected chi connectivity index (χ2v) is 13.4. The number of hydrogen-bond donors (Lipinski definition) is 2. The van der Waals surface area contributed by atoms with E-state index in [0.29, 0.717) is 23.3 Å². The lowest BCUT2D eigenvalue weighted by atomic mass is 10.0. The zero-order valence-corrected chi connectivity index (χ0v) is 24.3. The molecule has 2 N–H and O–H groups in total. The predicted molar refractivity (Wildman–Crippen MR) is 163 cm³/mol. The summed E-state index contributed by atoms with van der Waals surface area (Å²) in [7, 11) is -3.23. The number of anilines is 1. The first-order valence-electron chi connectivity index (χ1n) is 14.6. The molecule has 214 valence electrons. The maximum absolute atomic E-state index is 13.1. The quantitative estimate of drug-likeness (QED) is 0.250. The van der Waals surface area contributed by atoms with Gasteiger partial charge in [-0.2, -0.15) is 0 Å². The fourth-order valence-electron chi connectivity index (χ4n) is 6.10. The summed E-state index contributed by atoms with van der Waals surface area (Å²) >= 11 is 0. The monoisotopic (exact) mass is 571 g/mol. The maximum atomic E-state index is 13.1. The lowest BCUT2D eigenvalue weighted by molar-refractivity contribution is 0.466. The Morgan fingerprint density at radius 1 is 0.951 bits per heavy atom. The van der Waals surface area contributed by atoms with Crippen LogP contribution in [-0.2, 0) is 15.6 Å². The fourth-order valence-corrected chi connectivity index (χ4v) is 7.99. The van der Waals surface area contributed by atoms with Crippen LogP contribution in [0.15, 0.2) is 60.9 Å². The van der Waals surface area contributed by atoms with Crippen molar-refractivity contribution in [3.63, 3.8) is 0 Å². The van der Waals surface area contributed by atoms with Gasteiger partial charge in [-0.15, -0.1) is 0 Å². The number of hydrogen-bond acceptors (Lipinski definition) is 8. The van der Waals surface area contributed by atoms with Crippen molar-refractivity contribution >= 4 is 26.6 Å². The van der Waals surface area contributed by atoms with E-state index in [2.05, 4.69) is 20.6 Å². The van der Waals surface area contributed by atoms with E-state index in [0.717, 1.165) is 79.1 Å². The van der Waals surface area contributed by atoms with E-state index in [1.54, 1.807) is 12.4 Å². The molecule has 2 fully saturated rings. The minimum atomic E-state index is -3.23. The van der Waals surface area contributed by atoms with Crippen molar-refractivity contribution in [3.8, 4) is 22.9 Å². The van der Waals surface area contributed by atoms with Crippen LogP contribution in [0.2, 0.25) is 0 Å². The lowest BCUT2D eigenvalue weighted by Crippen LogP contribution is -2.38. The van der Waals surface area contributed by atoms with Gasteiger partial charge in [0.25, 0.3) is 0 Å². The van der Waals surface area contributed by atoms with Gasteiger partial charge in [-0.1, -0.05) is 43.2 Å². The molecule has 0 radical (unpaired) electrons. The van der Waals surface area contributed by atoms with Crippen molar-refractivity contribution in [3.05, 3.63) is 72.1 Å². The molecule has 1 aliphatic carbocycles. The molecular weight excluding hydrogens is 534 g/mol. The summed E-state index contributed by atoms with van der Waals surface area (Å²) in [5, 5.41) is 8.60. The average molecular weight is 572 g/mol. The summed E-state index contributed by atoms with van der Waals surface area (Å²) in [6.45, 7) is 3.92. The van der Waals surface area contributed by atoms with Crippen LogP contribution in [0.25, 0.3) is 22.0 Å². The number of aryl methyl sites for hydroxylation is 1. The molecule has 2 aromatic carbocycles. The van der Waals surface area contributed by atoms with Crippen LogP contribution in [0.5, 0.6) is 11.6 Å². The molecule has 3 heterocycles. The molecule has 0 unspecified atom stereocenters. The molecular formula is C32H37N5O3S. The van der Waals surface area contributed by atoms with E-state index in [-0.39, 0.29) is 23.5 Å². The minimum absolute atomic E-state index is 0.0331. The summed E-state index contributed by atoms with van der Waals surface area (Å²) in [5.74, 6) is 2.27. The highest BCUT2D eigenvalue weighted by Gasteiger charge is 2.24. The fraction of sp³-hybridized carbons (Fsp3) is 0.406. The first-order valence-corrected chi connectivity index (χ1v) is 16.4. The number of benzene rings is 2. The molecule has 1 saturated carbocycles. The van der Waals surface area contributed by atoms with Crippen molar-refractivity contribution in [2.75, 3.05) is 24.2 Å². The van der Waals surface area contributed by atoms with Crippen molar-refractivity contribution in [2.45, 2.75) is 57.2 Å².